The fraction of sp³-hybridized carbons (Fsp3) is 0.429. The maximum atomic E-state index is 12.5. The maximum absolute atomic E-state index is 12.5. The van der Waals surface area contributed by atoms with Gasteiger partial charge in [0.25, 0.3) is 0 Å². The molecule has 8 heteroatoms. The molecular weight excluding hydrogens is 329 g/mol. The summed E-state index contributed by atoms with van der Waals surface area (Å²) in [5.41, 5.74) is 6.13. The Labute approximate surface area is 137 Å². The Kier molecular flexibility index (Phi) is 3.81. The Morgan fingerprint density at radius 1 is 1.45 bits per heavy atom. The van der Waals surface area contributed by atoms with Gasteiger partial charge < -0.3 is 21.1 Å². The number of hydrogen-bond acceptors (Lipinski definition) is 4. The smallest absolute Gasteiger partial charge is 0.241 e. The van der Waals surface area contributed by atoms with Crippen LogP contribution in [-0.2, 0) is 15.0 Å². The maximum Gasteiger partial charge on any atom is 0.241 e. The molecule has 2 amide bonds. The molecule has 1 spiro atoms. The molecule has 118 valence electrons. The molecule has 1 fully saturated rings. The fourth-order valence-corrected chi connectivity index (χ4v) is 3.45. The van der Waals surface area contributed by atoms with E-state index >= 15 is 0 Å². The van der Waals surface area contributed by atoms with Crippen LogP contribution in [0.15, 0.2) is 12.1 Å². The zero-order valence-corrected chi connectivity index (χ0v) is 13.1. The SMILES string of the molecule is N[C@@H](CO)C(=O)N1CC[C@]2(C1)C(=O)Nc1cc(Cl)c(Cl)cc12. The van der Waals surface area contributed by atoms with Crippen molar-refractivity contribution in [3.63, 3.8) is 0 Å². The van der Waals surface area contributed by atoms with E-state index in [9.17, 15) is 9.59 Å². The normalized spacial score (nSPS) is 24.5. The summed E-state index contributed by atoms with van der Waals surface area (Å²) in [6, 6.07) is 2.33. The van der Waals surface area contributed by atoms with Crippen LogP contribution < -0.4 is 11.1 Å². The van der Waals surface area contributed by atoms with Crippen LogP contribution in [0, 0.1) is 0 Å². The molecule has 0 bridgehead atoms. The number of carbonyl (C=O) groups excluding carboxylic acids is 2. The van der Waals surface area contributed by atoms with Crippen LogP contribution >= 0.6 is 23.2 Å². The lowest BCUT2D eigenvalue weighted by Crippen LogP contribution is -2.47. The van der Waals surface area contributed by atoms with Gasteiger partial charge in [-0.25, -0.2) is 0 Å². The number of carbonyl (C=O) groups is 2. The van der Waals surface area contributed by atoms with Crippen LogP contribution in [0.4, 0.5) is 5.69 Å². The number of nitrogens with one attached hydrogen (secondary N) is 1. The van der Waals surface area contributed by atoms with Crippen molar-refractivity contribution < 1.29 is 14.7 Å². The van der Waals surface area contributed by atoms with Crippen molar-refractivity contribution in [2.75, 3.05) is 25.0 Å². The molecule has 0 saturated carbocycles. The van der Waals surface area contributed by atoms with Gasteiger partial charge in [-0.1, -0.05) is 23.2 Å². The van der Waals surface area contributed by atoms with Gasteiger partial charge in [0, 0.05) is 18.8 Å². The Bertz CT molecular complexity index is 667. The molecule has 4 N–H and O–H groups in total. The second-order valence-electron chi connectivity index (χ2n) is 5.65. The molecule has 0 aromatic heterocycles. The average molecular weight is 344 g/mol. The van der Waals surface area contributed by atoms with Crippen molar-refractivity contribution in [3.05, 3.63) is 27.7 Å². The first kappa shape index (κ1) is 15.6. The van der Waals surface area contributed by atoms with Gasteiger partial charge in [-0.3, -0.25) is 9.59 Å². The Balaban J connectivity index is 1.95. The number of hydrogen-bond donors (Lipinski definition) is 3. The van der Waals surface area contributed by atoms with Crippen molar-refractivity contribution in [1.82, 2.24) is 4.90 Å². The molecule has 22 heavy (non-hydrogen) atoms. The molecule has 1 aromatic carbocycles. The van der Waals surface area contributed by atoms with Crippen molar-refractivity contribution in [2.24, 2.45) is 5.73 Å². The average Bonchev–Trinajstić information content (AvgIpc) is 3.04. The van der Waals surface area contributed by atoms with Crippen molar-refractivity contribution >= 4 is 40.7 Å². The van der Waals surface area contributed by atoms with Gasteiger partial charge in [0.2, 0.25) is 11.8 Å². The van der Waals surface area contributed by atoms with Gasteiger partial charge in [-0.05, 0) is 24.1 Å². The first-order valence-corrected chi connectivity index (χ1v) is 7.61. The van der Waals surface area contributed by atoms with E-state index in [0.29, 0.717) is 28.7 Å². The summed E-state index contributed by atoms with van der Waals surface area (Å²) < 4.78 is 0. The lowest BCUT2D eigenvalue weighted by Gasteiger charge is -2.24. The molecule has 2 aliphatic heterocycles. The summed E-state index contributed by atoms with van der Waals surface area (Å²) in [5, 5.41) is 12.6. The number of rotatable bonds is 2. The monoisotopic (exact) mass is 343 g/mol. The zero-order valence-electron chi connectivity index (χ0n) is 11.6. The third kappa shape index (κ3) is 2.18. The number of aliphatic hydroxyl groups excluding tert-OH is 1. The Hall–Kier alpha value is -1.34. The van der Waals surface area contributed by atoms with Crippen molar-refractivity contribution in [1.29, 1.82) is 0 Å². The highest BCUT2D eigenvalue weighted by molar-refractivity contribution is 6.42. The molecule has 6 nitrogen and oxygen atoms in total. The van der Waals surface area contributed by atoms with Crippen LogP contribution in [0.1, 0.15) is 12.0 Å². The molecule has 1 saturated heterocycles. The number of aliphatic hydroxyl groups is 1. The number of anilines is 1. The first-order chi connectivity index (χ1) is 10.4. The van der Waals surface area contributed by atoms with Gasteiger partial charge in [-0.15, -0.1) is 0 Å². The summed E-state index contributed by atoms with van der Waals surface area (Å²) in [4.78, 5) is 26.1. The largest absolute Gasteiger partial charge is 0.394 e. The van der Waals surface area contributed by atoms with Gasteiger partial charge in [-0.2, -0.15) is 0 Å². The Morgan fingerprint density at radius 3 is 2.82 bits per heavy atom. The molecule has 0 aliphatic carbocycles. The number of amides is 2. The molecule has 1 aromatic rings. The van der Waals surface area contributed by atoms with E-state index in [-0.39, 0.29) is 18.4 Å². The van der Waals surface area contributed by atoms with E-state index in [1.54, 1.807) is 12.1 Å². The minimum Gasteiger partial charge on any atom is -0.394 e. The third-order valence-electron chi connectivity index (χ3n) is 4.35. The first-order valence-electron chi connectivity index (χ1n) is 6.85. The third-order valence-corrected chi connectivity index (χ3v) is 5.08. The summed E-state index contributed by atoms with van der Waals surface area (Å²) in [6.07, 6.45) is 0.480. The van der Waals surface area contributed by atoms with E-state index in [0.717, 1.165) is 5.56 Å². The summed E-state index contributed by atoms with van der Waals surface area (Å²) in [7, 11) is 0. The van der Waals surface area contributed by atoms with E-state index in [1.807, 2.05) is 0 Å². The second-order valence-corrected chi connectivity index (χ2v) is 6.46. The van der Waals surface area contributed by atoms with E-state index in [2.05, 4.69) is 5.32 Å². The second kappa shape index (κ2) is 5.38. The molecular formula is C14H15Cl2N3O3. The zero-order chi connectivity index (χ0) is 16.1. The number of likely N-dealkylation sites (tertiary alicyclic amines) is 1. The number of halogens is 2. The number of nitrogens with two attached hydrogens (primary N) is 1. The molecule has 3 rings (SSSR count). The predicted molar refractivity (Wildman–Crippen MR) is 83.0 cm³/mol. The van der Waals surface area contributed by atoms with Crippen LogP contribution in [0.5, 0.6) is 0 Å². The number of benzene rings is 1. The fourth-order valence-electron chi connectivity index (χ4n) is 3.13. The highest BCUT2D eigenvalue weighted by Gasteiger charge is 2.52. The minimum atomic E-state index is -0.965. The number of fused-ring (bicyclic) bond motifs is 2. The summed E-state index contributed by atoms with van der Waals surface area (Å²) >= 11 is 12.1. The lowest BCUT2D eigenvalue weighted by molar-refractivity contribution is -0.132. The molecule has 0 unspecified atom stereocenters. The van der Waals surface area contributed by atoms with Crippen LogP contribution in [0.25, 0.3) is 0 Å². The van der Waals surface area contributed by atoms with Crippen molar-refractivity contribution in [3.8, 4) is 0 Å². The van der Waals surface area contributed by atoms with E-state index in [4.69, 9.17) is 34.0 Å². The quantitative estimate of drug-likeness (QED) is 0.737. The molecule has 2 heterocycles. The van der Waals surface area contributed by atoms with E-state index in [1.165, 1.54) is 4.90 Å². The molecule has 2 aliphatic rings. The van der Waals surface area contributed by atoms with E-state index < -0.39 is 18.1 Å². The standard InChI is InChI=1S/C14H15Cl2N3O3/c15-8-3-7-11(4-9(8)16)18-13(22)14(7)1-2-19(6-14)12(21)10(17)5-20/h3-4,10,20H,1-2,5-6,17H2,(H,18,22)/t10-,14+/m0/s1. The van der Waals surface area contributed by atoms with Crippen LogP contribution in [0.2, 0.25) is 10.0 Å². The molecule has 0 radical (unpaired) electrons. The summed E-state index contributed by atoms with van der Waals surface area (Å²) in [5.74, 6) is -0.533. The van der Waals surface area contributed by atoms with Gasteiger partial charge in [0.05, 0.1) is 22.1 Å². The topological polar surface area (TPSA) is 95.7 Å². The Morgan fingerprint density at radius 2 is 2.14 bits per heavy atom. The molecule has 2 atom stereocenters. The van der Waals surface area contributed by atoms with Gasteiger partial charge in [0.15, 0.2) is 0 Å². The predicted octanol–water partition coefficient (Wildman–Crippen LogP) is 0.735. The lowest BCUT2D eigenvalue weighted by atomic mass is 9.81. The van der Waals surface area contributed by atoms with Crippen LogP contribution in [0.3, 0.4) is 0 Å². The highest BCUT2D eigenvalue weighted by Crippen LogP contribution is 2.46. The minimum absolute atomic E-state index is 0.172. The highest BCUT2D eigenvalue weighted by atomic mass is 35.5. The number of nitrogens with zero attached hydrogens (tertiary/aromatic N) is 1. The van der Waals surface area contributed by atoms with Crippen molar-refractivity contribution in [2.45, 2.75) is 17.9 Å². The summed E-state index contributed by atoms with van der Waals surface area (Å²) in [6.45, 7) is 0.197. The van der Waals surface area contributed by atoms with Crippen LogP contribution in [-0.4, -0.2) is 47.6 Å². The van der Waals surface area contributed by atoms with Gasteiger partial charge in [0.1, 0.15) is 6.04 Å². The van der Waals surface area contributed by atoms with Gasteiger partial charge >= 0.3 is 0 Å².